The van der Waals surface area contributed by atoms with Crippen molar-refractivity contribution >= 4 is 28.1 Å². The molecule has 2 heterocycles. The number of rotatable bonds is 23. The highest BCUT2D eigenvalue weighted by Crippen LogP contribution is 2.33. The van der Waals surface area contributed by atoms with Crippen molar-refractivity contribution in [3.8, 4) is 11.5 Å². The summed E-state index contributed by atoms with van der Waals surface area (Å²) in [4.78, 5) is 37.9. The first kappa shape index (κ1) is 46.6. The number of methoxy groups -OCH3 is 1. The third kappa shape index (κ3) is 13.5. The highest BCUT2D eigenvalue weighted by atomic mass is 32.2. The number of aliphatic hydroxyl groups is 1. The molecule has 2 aromatic carbocycles. The molecule has 4 rings (SSSR count). The second kappa shape index (κ2) is 22.4. The molecule has 2 aliphatic rings. The molecule has 17 nitrogen and oxygen atoms in total. The molecular formula is C40H58N2O15S. The predicted molar refractivity (Wildman–Crippen MR) is 207 cm³/mol. The lowest BCUT2D eigenvalue weighted by atomic mass is 10.0. The minimum atomic E-state index is -4.07. The molecule has 2 aliphatic heterocycles. The Bertz CT molecular complexity index is 1680. The predicted octanol–water partition coefficient (Wildman–Crippen LogP) is 3.44. The van der Waals surface area contributed by atoms with E-state index in [-0.39, 0.29) is 62.7 Å². The van der Waals surface area contributed by atoms with Crippen LogP contribution in [0.15, 0.2) is 53.4 Å². The second-order valence-electron chi connectivity index (χ2n) is 14.3. The summed E-state index contributed by atoms with van der Waals surface area (Å²) in [7, 11) is -2.59. The van der Waals surface area contributed by atoms with E-state index in [2.05, 4.69) is 5.32 Å². The van der Waals surface area contributed by atoms with Gasteiger partial charge in [0.25, 0.3) is 0 Å². The zero-order valence-electron chi connectivity index (χ0n) is 34.2. The molecule has 324 valence electrons. The van der Waals surface area contributed by atoms with E-state index in [4.69, 9.17) is 42.6 Å². The number of ether oxygens (including phenoxy) is 9. The molecule has 0 spiro atoms. The molecule has 0 aliphatic carbocycles. The molecule has 0 bridgehead atoms. The fraction of sp³-hybridized carbons (Fsp3) is 0.625. The maximum absolute atomic E-state index is 13.9. The van der Waals surface area contributed by atoms with Crippen molar-refractivity contribution in [2.45, 2.75) is 102 Å². The van der Waals surface area contributed by atoms with Gasteiger partial charge in [0.15, 0.2) is 24.8 Å². The van der Waals surface area contributed by atoms with Crippen LogP contribution in [0.1, 0.15) is 53.5 Å². The molecule has 7 atom stereocenters. The van der Waals surface area contributed by atoms with Crippen molar-refractivity contribution in [1.29, 1.82) is 0 Å². The van der Waals surface area contributed by atoms with E-state index >= 15 is 0 Å². The van der Waals surface area contributed by atoms with Crippen molar-refractivity contribution in [2.75, 3.05) is 53.2 Å². The van der Waals surface area contributed by atoms with Gasteiger partial charge in [-0.05, 0) is 88.4 Å². The number of fused-ring (bicyclic) bond motifs is 1. The van der Waals surface area contributed by atoms with E-state index in [0.717, 1.165) is 0 Å². The summed E-state index contributed by atoms with van der Waals surface area (Å²) in [5.41, 5.74) is 0.662. The number of esters is 2. The van der Waals surface area contributed by atoms with Gasteiger partial charge in [-0.2, -0.15) is 4.31 Å². The van der Waals surface area contributed by atoms with Crippen LogP contribution in [0.4, 0.5) is 4.79 Å². The maximum Gasteiger partial charge on any atom is 0.407 e. The summed E-state index contributed by atoms with van der Waals surface area (Å²) in [5.74, 6) is -0.568. The molecule has 18 heteroatoms. The highest BCUT2D eigenvalue weighted by molar-refractivity contribution is 7.89. The van der Waals surface area contributed by atoms with Crippen molar-refractivity contribution in [3.05, 3.63) is 54.1 Å². The van der Waals surface area contributed by atoms with Crippen LogP contribution in [-0.4, -0.2) is 132 Å². The number of alkyl carbamates (subject to hydrolysis) is 1. The van der Waals surface area contributed by atoms with Crippen LogP contribution in [0.2, 0.25) is 0 Å². The van der Waals surface area contributed by atoms with Gasteiger partial charge in [-0.1, -0.05) is 26.0 Å². The van der Waals surface area contributed by atoms with Crippen LogP contribution >= 0.6 is 0 Å². The molecule has 2 saturated heterocycles. The van der Waals surface area contributed by atoms with E-state index < -0.39 is 71.1 Å². The number of benzene rings is 2. The molecule has 0 aromatic heterocycles. The Morgan fingerprint density at radius 1 is 0.879 bits per heavy atom. The van der Waals surface area contributed by atoms with Gasteiger partial charge in [-0.3, -0.25) is 0 Å². The number of amides is 1. The Morgan fingerprint density at radius 3 is 2.05 bits per heavy atom. The first-order valence-electron chi connectivity index (χ1n) is 19.5. The first-order chi connectivity index (χ1) is 27.6. The lowest BCUT2D eigenvalue weighted by Crippen LogP contribution is -2.51. The molecule has 2 aromatic rings. The van der Waals surface area contributed by atoms with Gasteiger partial charge >= 0.3 is 18.0 Å². The first-order valence-corrected chi connectivity index (χ1v) is 21.0. The number of nitrogens with one attached hydrogen (secondary N) is 1. The molecule has 0 saturated carbocycles. The minimum Gasteiger partial charge on any atom is -0.497 e. The zero-order chi connectivity index (χ0) is 42.4. The molecule has 2 N–H and O–H groups in total. The molecule has 2 fully saturated rings. The minimum absolute atomic E-state index is 0.0268. The van der Waals surface area contributed by atoms with Gasteiger partial charge in [0.05, 0.1) is 56.5 Å². The molecule has 1 amide bonds. The zero-order valence-corrected chi connectivity index (χ0v) is 35.0. The summed E-state index contributed by atoms with van der Waals surface area (Å²) >= 11 is 0. The van der Waals surface area contributed by atoms with Crippen LogP contribution in [0, 0.1) is 11.8 Å². The summed E-state index contributed by atoms with van der Waals surface area (Å²) in [6, 6.07) is 11.7. The van der Waals surface area contributed by atoms with E-state index in [1.54, 1.807) is 50.2 Å². The highest BCUT2D eigenvalue weighted by Gasteiger charge is 2.44. The molecular weight excluding hydrogens is 781 g/mol. The van der Waals surface area contributed by atoms with Crippen LogP contribution < -0.4 is 14.8 Å². The largest absolute Gasteiger partial charge is 0.497 e. The molecule has 0 radical (unpaired) electrons. The lowest BCUT2D eigenvalue weighted by Gasteiger charge is -2.31. The quantitative estimate of drug-likeness (QED) is 0.0935. The van der Waals surface area contributed by atoms with Gasteiger partial charge in [0.1, 0.15) is 24.2 Å². The fourth-order valence-electron chi connectivity index (χ4n) is 6.40. The normalized spacial score (nSPS) is 19.9. The molecule has 58 heavy (non-hydrogen) atoms. The van der Waals surface area contributed by atoms with Gasteiger partial charge in [-0.15, -0.1) is 0 Å². The topological polar surface area (TPSA) is 204 Å². The van der Waals surface area contributed by atoms with E-state index in [1.165, 1.54) is 37.4 Å². The van der Waals surface area contributed by atoms with E-state index in [9.17, 15) is 27.9 Å². The lowest BCUT2D eigenvalue weighted by molar-refractivity contribution is -0.216. The monoisotopic (exact) mass is 838 g/mol. The van der Waals surface area contributed by atoms with E-state index in [0.29, 0.717) is 30.1 Å². The van der Waals surface area contributed by atoms with Crippen LogP contribution in [0.5, 0.6) is 11.5 Å². The van der Waals surface area contributed by atoms with Crippen molar-refractivity contribution in [3.63, 3.8) is 0 Å². The SMILES string of the molecule is CCOC(=O)[C@H](C)OC(COc1ccc(C[C@H](NC(=O)O[C@H]2CO[C@H]3OCC[C@H]32)[C@H](O)CN(CC(C)C)S(=O)(=O)c2ccc(OC)cc2)cc1)O[C@@H](C)C(=O)OCC. The van der Waals surface area contributed by atoms with Crippen LogP contribution in [0.3, 0.4) is 0 Å². The van der Waals surface area contributed by atoms with Crippen molar-refractivity contribution in [1.82, 2.24) is 9.62 Å². The molecule has 0 unspecified atom stereocenters. The van der Waals surface area contributed by atoms with Crippen molar-refractivity contribution in [2.24, 2.45) is 11.8 Å². The Labute approximate surface area is 340 Å². The number of hydrogen-bond acceptors (Lipinski definition) is 15. The third-order valence-electron chi connectivity index (χ3n) is 9.38. The Morgan fingerprint density at radius 2 is 1.48 bits per heavy atom. The Kier molecular flexibility index (Phi) is 18.0. The van der Waals surface area contributed by atoms with Gasteiger partial charge < -0.3 is 53.1 Å². The Balaban J connectivity index is 1.50. The summed E-state index contributed by atoms with van der Waals surface area (Å²) in [6.45, 7) is 10.6. The number of sulfonamides is 1. The number of carbonyl (C=O) groups is 3. The number of hydrogen-bond donors (Lipinski definition) is 2. The maximum atomic E-state index is 13.9. The van der Waals surface area contributed by atoms with Crippen LogP contribution in [-0.2, 0) is 59.2 Å². The number of carbonyl (C=O) groups excluding carboxylic acids is 3. The number of aliphatic hydroxyl groups excluding tert-OH is 1. The average molecular weight is 839 g/mol. The average Bonchev–Trinajstić information content (AvgIpc) is 3.82. The number of nitrogens with zero attached hydrogens (tertiary/aromatic N) is 1. The van der Waals surface area contributed by atoms with Crippen LogP contribution in [0.25, 0.3) is 0 Å². The van der Waals surface area contributed by atoms with Gasteiger partial charge in [-0.25, -0.2) is 22.8 Å². The smallest absolute Gasteiger partial charge is 0.407 e. The third-order valence-corrected chi connectivity index (χ3v) is 11.2. The summed E-state index contributed by atoms with van der Waals surface area (Å²) in [5, 5.41) is 14.5. The van der Waals surface area contributed by atoms with Gasteiger partial charge in [0, 0.05) is 13.1 Å². The van der Waals surface area contributed by atoms with Crippen molar-refractivity contribution < 1.29 is 70.5 Å². The van der Waals surface area contributed by atoms with E-state index in [1.807, 2.05) is 13.8 Å². The Hall–Kier alpha value is -4.04. The summed E-state index contributed by atoms with van der Waals surface area (Å²) in [6.07, 6.45) is -5.62. The fourth-order valence-corrected chi connectivity index (χ4v) is 8.02. The summed E-state index contributed by atoms with van der Waals surface area (Å²) < 4.78 is 78.5. The second-order valence-corrected chi connectivity index (χ2v) is 16.3. The standard InChI is InChI=1S/C40H58N2O15S/c1-8-50-37(44)26(5)55-36(56-27(6)38(45)51-9-2)24-53-30-12-10-28(11-13-30)20-33(41-40(46)57-35-23-54-39-32(35)18-19-52-39)34(43)22-42(21-25(3)4)58(47,48)31-16-14-29(49-7)15-17-31/h10-17,25-27,32-36,39,43H,8-9,18-24H2,1-7H3,(H,41,46)/t26-,27-,32-,33-,34+,35-,39+/m0/s1. The van der Waals surface area contributed by atoms with Gasteiger partial charge in [0.2, 0.25) is 10.0 Å².